The van der Waals surface area contributed by atoms with Crippen molar-refractivity contribution in [2.45, 2.75) is 50.6 Å². The smallest absolute Gasteiger partial charge is 0.325 e. The predicted molar refractivity (Wildman–Crippen MR) is 98.0 cm³/mol. The second-order valence-electron chi connectivity index (χ2n) is 7.88. The van der Waals surface area contributed by atoms with Gasteiger partial charge in [-0.25, -0.2) is 4.79 Å². The Balaban J connectivity index is 1.42. The van der Waals surface area contributed by atoms with Crippen LogP contribution in [-0.4, -0.2) is 41.4 Å². The largest absolute Gasteiger partial charge is 0.493 e. The van der Waals surface area contributed by atoms with Crippen LogP contribution in [0.25, 0.3) is 0 Å². The standard InChI is InChI=1S/C20H25N3O4/c1-13-6-9-20(10-7-13)18(25)23(19(26)22-20)12-17(24)21-15-8-11-27-16-5-3-2-4-14(15)16/h2-5,13,15H,6-12H2,1H3,(H,21,24)(H,22,26). The minimum atomic E-state index is -0.810. The number of amides is 4. The van der Waals surface area contributed by atoms with Gasteiger partial charge in [-0.2, -0.15) is 0 Å². The average molecular weight is 371 g/mol. The number of carbonyl (C=O) groups excluding carboxylic acids is 3. The molecule has 1 saturated carbocycles. The number of fused-ring (bicyclic) bond motifs is 1. The summed E-state index contributed by atoms with van der Waals surface area (Å²) in [5.41, 5.74) is 0.113. The lowest BCUT2D eigenvalue weighted by atomic mass is 9.77. The molecule has 1 aromatic rings. The van der Waals surface area contributed by atoms with Crippen LogP contribution in [-0.2, 0) is 9.59 Å². The molecule has 7 nitrogen and oxygen atoms in total. The summed E-state index contributed by atoms with van der Waals surface area (Å²) in [6.07, 6.45) is 3.76. The predicted octanol–water partition coefficient (Wildman–Crippen LogP) is 2.13. The van der Waals surface area contributed by atoms with E-state index in [0.29, 0.717) is 31.8 Å². The van der Waals surface area contributed by atoms with Gasteiger partial charge in [-0.3, -0.25) is 14.5 Å². The molecule has 27 heavy (non-hydrogen) atoms. The van der Waals surface area contributed by atoms with Crippen molar-refractivity contribution in [1.82, 2.24) is 15.5 Å². The van der Waals surface area contributed by atoms with Crippen LogP contribution in [0.2, 0.25) is 0 Å². The Bertz CT molecular complexity index is 770. The maximum atomic E-state index is 12.9. The van der Waals surface area contributed by atoms with Gasteiger partial charge in [-0.05, 0) is 37.7 Å². The zero-order valence-corrected chi connectivity index (χ0v) is 15.5. The Morgan fingerprint density at radius 3 is 2.78 bits per heavy atom. The lowest BCUT2D eigenvalue weighted by molar-refractivity contribution is -0.136. The minimum absolute atomic E-state index is 0.173. The molecule has 1 aliphatic carbocycles. The first-order valence-corrected chi connectivity index (χ1v) is 9.64. The molecule has 2 fully saturated rings. The van der Waals surface area contributed by atoms with E-state index in [1.54, 1.807) is 0 Å². The van der Waals surface area contributed by atoms with Crippen molar-refractivity contribution < 1.29 is 19.1 Å². The number of nitrogens with one attached hydrogen (secondary N) is 2. The monoisotopic (exact) mass is 371 g/mol. The molecular formula is C20H25N3O4. The number of benzene rings is 1. The molecule has 3 aliphatic rings. The lowest BCUT2D eigenvalue weighted by Crippen LogP contribution is -2.50. The van der Waals surface area contributed by atoms with Gasteiger partial charge in [-0.15, -0.1) is 0 Å². The third-order valence-electron chi connectivity index (χ3n) is 5.97. The van der Waals surface area contributed by atoms with Crippen molar-refractivity contribution in [3.63, 3.8) is 0 Å². The van der Waals surface area contributed by atoms with E-state index in [1.807, 2.05) is 24.3 Å². The summed E-state index contributed by atoms with van der Waals surface area (Å²) in [6.45, 7) is 2.43. The van der Waals surface area contributed by atoms with Crippen LogP contribution >= 0.6 is 0 Å². The summed E-state index contributed by atoms with van der Waals surface area (Å²) in [6, 6.07) is 6.95. The van der Waals surface area contributed by atoms with Crippen molar-refractivity contribution in [1.29, 1.82) is 0 Å². The van der Waals surface area contributed by atoms with Crippen molar-refractivity contribution in [3.05, 3.63) is 29.8 Å². The van der Waals surface area contributed by atoms with Crippen LogP contribution in [0.4, 0.5) is 4.79 Å². The van der Waals surface area contributed by atoms with E-state index in [9.17, 15) is 14.4 Å². The van der Waals surface area contributed by atoms with Crippen molar-refractivity contribution in [2.24, 2.45) is 5.92 Å². The first-order chi connectivity index (χ1) is 13.0. The number of nitrogens with zero attached hydrogens (tertiary/aromatic N) is 1. The van der Waals surface area contributed by atoms with Gasteiger partial charge < -0.3 is 15.4 Å². The third-order valence-corrected chi connectivity index (χ3v) is 5.97. The molecule has 1 unspecified atom stereocenters. The molecule has 1 saturated heterocycles. The second-order valence-corrected chi connectivity index (χ2v) is 7.88. The fourth-order valence-corrected chi connectivity index (χ4v) is 4.29. The summed E-state index contributed by atoms with van der Waals surface area (Å²) >= 11 is 0. The maximum absolute atomic E-state index is 12.9. The molecule has 7 heteroatoms. The number of rotatable bonds is 3. The van der Waals surface area contributed by atoms with Gasteiger partial charge >= 0.3 is 6.03 Å². The lowest BCUT2D eigenvalue weighted by Gasteiger charge is -2.33. The number of imide groups is 1. The van der Waals surface area contributed by atoms with Gasteiger partial charge in [0.05, 0.1) is 12.6 Å². The summed E-state index contributed by atoms with van der Waals surface area (Å²) in [5.74, 6) is 0.731. The molecule has 0 bridgehead atoms. The highest BCUT2D eigenvalue weighted by molar-refractivity contribution is 6.09. The molecule has 0 radical (unpaired) electrons. The topological polar surface area (TPSA) is 87.7 Å². The van der Waals surface area contributed by atoms with Crippen LogP contribution in [0.15, 0.2) is 24.3 Å². The SMILES string of the molecule is CC1CCC2(CC1)NC(=O)N(CC(=O)NC1CCOc3ccccc31)C2=O. The Kier molecular flexibility index (Phi) is 4.53. The number of hydrogen-bond acceptors (Lipinski definition) is 4. The van der Waals surface area contributed by atoms with E-state index in [4.69, 9.17) is 4.74 Å². The number of carbonyl (C=O) groups is 3. The molecule has 2 N–H and O–H groups in total. The van der Waals surface area contributed by atoms with Gasteiger partial charge in [0.2, 0.25) is 5.91 Å². The van der Waals surface area contributed by atoms with Gasteiger partial charge in [-0.1, -0.05) is 25.1 Å². The molecule has 2 heterocycles. The zero-order valence-electron chi connectivity index (χ0n) is 15.5. The summed E-state index contributed by atoms with van der Waals surface area (Å²) in [4.78, 5) is 38.9. The van der Waals surface area contributed by atoms with E-state index < -0.39 is 11.6 Å². The molecule has 0 aromatic heterocycles. The number of hydrogen-bond donors (Lipinski definition) is 2. The zero-order chi connectivity index (χ0) is 19.0. The Morgan fingerprint density at radius 1 is 1.26 bits per heavy atom. The second kappa shape index (κ2) is 6.87. The Morgan fingerprint density at radius 2 is 2.00 bits per heavy atom. The Hall–Kier alpha value is -2.57. The fourth-order valence-electron chi connectivity index (χ4n) is 4.29. The molecule has 4 amide bonds. The normalized spacial score (nSPS) is 29.9. The van der Waals surface area contributed by atoms with Crippen molar-refractivity contribution in [2.75, 3.05) is 13.2 Å². The van der Waals surface area contributed by atoms with Crippen molar-refractivity contribution >= 4 is 17.8 Å². The van der Waals surface area contributed by atoms with Crippen LogP contribution < -0.4 is 15.4 Å². The van der Waals surface area contributed by atoms with Gasteiger partial charge in [0.1, 0.15) is 17.8 Å². The number of ether oxygens (including phenoxy) is 1. The highest BCUT2D eigenvalue weighted by atomic mass is 16.5. The number of para-hydroxylation sites is 1. The Labute approximate surface area is 158 Å². The van der Waals surface area contributed by atoms with E-state index >= 15 is 0 Å². The highest BCUT2D eigenvalue weighted by Gasteiger charge is 2.52. The van der Waals surface area contributed by atoms with Gasteiger partial charge in [0.15, 0.2) is 0 Å². The summed E-state index contributed by atoms with van der Waals surface area (Å²) in [5, 5.41) is 5.80. The van der Waals surface area contributed by atoms with Gasteiger partial charge in [0.25, 0.3) is 5.91 Å². The van der Waals surface area contributed by atoms with E-state index in [-0.39, 0.29) is 24.4 Å². The first-order valence-electron chi connectivity index (χ1n) is 9.64. The maximum Gasteiger partial charge on any atom is 0.325 e. The van der Waals surface area contributed by atoms with Crippen LogP contribution in [0.3, 0.4) is 0 Å². The molecule has 144 valence electrons. The third kappa shape index (κ3) is 3.26. The first kappa shape index (κ1) is 17.8. The van der Waals surface area contributed by atoms with E-state index in [1.165, 1.54) is 0 Å². The average Bonchev–Trinajstić information content (AvgIpc) is 2.89. The van der Waals surface area contributed by atoms with Crippen LogP contribution in [0.1, 0.15) is 50.6 Å². The van der Waals surface area contributed by atoms with Crippen molar-refractivity contribution in [3.8, 4) is 5.75 Å². The molecule has 1 aromatic carbocycles. The molecular weight excluding hydrogens is 346 g/mol. The molecule has 2 aliphatic heterocycles. The summed E-state index contributed by atoms with van der Waals surface area (Å²) < 4.78 is 5.61. The van der Waals surface area contributed by atoms with E-state index in [2.05, 4.69) is 17.6 Å². The minimum Gasteiger partial charge on any atom is -0.493 e. The van der Waals surface area contributed by atoms with Gasteiger partial charge in [0, 0.05) is 12.0 Å². The molecule has 1 spiro atoms. The highest BCUT2D eigenvalue weighted by Crippen LogP contribution is 2.36. The van der Waals surface area contributed by atoms with E-state index in [0.717, 1.165) is 29.1 Å². The molecule has 4 rings (SSSR count). The fraction of sp³-hybridized carbons (Fsp3) is 0.550. The molecule has 1 atom stereocenters. The van der Waals surface area contributed by atoms with Crippen LogP contribution in [0.5, 0.6) is 5.75 Å². The quantitative estimate of drug-likeness (QED) is 0.797. The number of urea groups is 1. The van der Waals surface area contributed by atoms with Crippen LogP contribution in [0, 0.1) is 5.92 Å². The summed E-state index contributed by atoms with van der Waals surface area (Å²) in [7, 11) is 0.